The molecule has 7 heteroatoms. The van der Waals surface area contributed by atoms with Crippen LogP contribution in [0.1, 0.15) is 63.0 Å². The van der Waals surface area contributed by atoms with Gasteiger partial charge in [-0.2, -0.15) is 13.2 Å². The third kappa shape index (κ3) is 6.44. The SMILES string of the molecule is CCOC(=O)CC1=C(C2=CCCCC2)C(=O)[C@@H](CC(=O)C#Cc2ccc(C(F)(F)F)cc2)C1. The van der Waals surface area contributed by atoms with E-state index in [4.69, 9.17) is 4.74 Å². The van der Waals surface area contributed by atoms with Gasteiger partial charge in [-0.15, -0.1) is 0 Å². The van der Waals surface area contributed by atoms with Crippen LogP contribution >= 0.6 is 0 Å². The van der Waals surface area contributed by atoms with Crippen molar-refractivity contribution in [3.8, 4) is 11.8 Å². The Morgan fingerprint density at radius 3 is 2.48 bits per heavy atom. The van der Waals surface area contributed by atoms with Gasteiger partial charge in [-0.3, -0.25) is 14.4 Å². The minimum absolute atomic E-state index is 0.0220. The fourth-order valence-corrected chi connectivity index (χ4v) is 4.19. The summed E-state index contributed by atoms with van der Waals surface area (Å²) in [5.74, 6) is 3.39. The standard InChI is InChI=1S/C26H25F3O4/c1-2-33-23(31)16-19-14-20(25(32)24(19)18-6-4-3-5-7-18)15-22(30)13-10-17-8-11-21(12-9-17)26(27,28)29/h6,8-9,11-12,20H,2-5,7,14-16H2,1H3/t20-/m1/s1. The van der Waals surface area contributed by atoms with Crippen LogP contribution in [0, 0.1) is 17.8 Å². The lowest BCUT2D eigenvalue weighted by molar-refractivity contribution is -0.142. The highest BCUT2D eigenvalue weighted by molar-refractivity contribution is 6.08. The van der Waals surface area contributed by atoms with Crippen molar-refractivity contribution in [2.24, 2.45) is 5.92 Å². The third-order valence-corrected chi connectivity index (χ3v) is 5.73. The van der Waals surface area contributed by atoms with E-state index in [1.165, 1.54) is 12.1 Å². The second-order valence-corrected chi connectivity index (χ2v) is 8.15. The fourth-order valence-electron chi connectivity index (χ4n) is 4.19. The van der Waals surface area contributed by atoms with Crippen molar-refractivity contribution in [3.63, 3.8) is 0 Å². The third-order valence-electron chi connectivity index (χ3n) is 5.73. The Balaban J connectivity index is 1.71. The van der Waals surface area contributed by atoms with Gasteiger partial charge < -0.3 is 4.74 Å². The highest BCUT2D eigenvalue weighted by atomic mass is 19.4. The number of hydrogen-bond donors (Lipinski definition) is 0. The lowest BCUT2D eigenvalue weighted by Gasteiger charge is -2.15. The molecule has 3 rings (SSSR count). The van der Waals surface area contributed by atoms with Crippen LogP contribution in [-0.2, 0) is 25.3 Å². The first kappa shape index (κ1) is 24.5. The van der Waals surface area contributed by atoms with Gasteiger partial charge >= 0.3 is 12.1 Å². The predicted molar refractivity (Wildman–Crippen MR) is 116 cm³/mol. The topological polar surface area (TPSA) is 60.4 Å². The summed E-state index contributed by atoms with van der Waals surface area (Å²) in [5, 5.41) is 0. The largest absolute Gasteiger partial charge is 0.466 e. The molecule has 0 amide bonds. The van der Waals surface area contributed by atoms with Gasteiger partial charge in [-0.05, 0) is 80.4 Å². The Bertz CT molecular complexity index is 1050. The number of benzene rings is 1. The molecule has 0 saturated carbocycles. The first-order valence-corrected chi connectivity index (χ1v) is 11.0. The van der Waals surface area contributed by atoms with Crippen LogP contribution in [0.15, 0.2) is 47.1 Å². The number of carbonyl (C=O) groups is 3. The predicted octanol–water partition coefficient (Wildman–Crippen LogP) is 5.36. The Labute approximate surface area is 190 Å². The van der Waals surface area contributed by atoms with E-state index in [1.807, 2.05) is 6.08 Å². The van der Waals surface area contributed by atoms with Crippen molar-refractivity contribution < 1.29 is 32.3 Å². The Morgan fingerprint density at radius 1 is 1.15 bits per heavy atom. The number of esters is 1. The van der Waals surface area contributed by atoms with E-state index in [9.17, 15) is 27.6 Å². The second kappa shape index (κ2) is 10.7. The molecule has 1 atom stereocenters. The lowest BCUT2D eigenvalue weighted by Crippen LogP contribution is -2.15. The van der Waals surface area contributed by atoms with Crippen molar-refractivity contribution in [2.45, 2.75) is 58.0 Å². The van der Waals surface area contributed by atoms with Crippen molar-refractivity contribution in [1.82, 2.24) is 0 Å². The average Bonchev–Trinajstić information content (AvgIpc) is 3.07. The maximum atomic E-state index is 13.1. The molecule has 0 fully saturated rings. The molecule has 174 valence electrons. The minimum atomic E-state index is -4.44. The number of ketones is 2. The minimum Gasteiger partial charge on any atom is -0.466 e. The van der Waals surface area contributed by atoms with Crippen LogP contribution < -0.4 is 0 Å². The van der Waals surface area contributed by atoms with Crippen LogP contribution in [0.5, 0.6) is 0 Å². The van der Waals surface area contributed by atoms with Gasteiger partial charge in [0.2, 0.25) is 5.78 Å². The molecule has 0 bridgehead atoms. The van der Waals surface area contributed by atoms with Gasteiger partial charge in [0.25, 0.3) is 0 Å². The van der Waals surface area contributed by atoms with Crippen LogP contribution in [0.25, 0.3) is 0 Å². The summed E-state index contributed by atoms with van der Waals surface area (Å²) in [6, 6.07) is 4.22. The van der Waals surface area contributed by atoms with Gasteiger partial charge in [0.15, 0.2) is 5.78 Å². The quantitative estimate of drug-likeness (QED) is 0.426. The molecule has 0 heterocycles. The van der Waals surface area contributed by atoms with Crippen molar-refractivity contribution in [1.29, 1.82) is 0 Å². The first-order valence-electron chi connectivity index (χ1n) is 11.0. The molecule has 2 aliphatic carbocycles. The summed E-state index contributed by atoms with van der Waals surface area (Å²) in [6.07, 6.45) is 1.49. The van der Waals surface area contributed by atoms with E-state index in [0.29, 0.717) is 17.6 Å². The number of allylic oxidation sites excluding steroid dienone is 3. The molecule has 1 aromatic carbocycles. The van der Waals surface area contributed by atoms with Crippen LogP contribution in [0.3, 0.4) is 0 Å². The fraction of sp³-hybridized carbons (Fsp3) is 0.423. The number of ether oxygens (including phenoxy) is 1. The molecule has 0 unspecified atom stereocenters. The zero-order valence-corrected chi connectivity index (χ0v) is 18.4. The first-order chi connectivity index (χ1) is 15.7. The molecular formula is C26H25F3O4. The monoisotopic (exact) mass is 458 g/mol. The number of Topliss-reactive ketones (excluding diaryl/α,β-unsaturated/α-hetero) is 2. The molecular weight excluding hydrogens is 433 g/mol. The molecule has 0 radical (unpaired) electrons. The van der Waals surface area contributed by atoms with Crippen LogP contribution in [-0.4, -0.2) is 24.1 Å². The van der Waals surface area contributed by atoms with E-state index in [0.717, 1.165) is 43.4 Å². The molecule has 0 aliphatic heterocycles. The van der Waals surface area contributed by atoms with Gasteiger partial charge in [0.1, 0.15) is 0 Å². The number of halogens is 3. The van der Waals surface area contributed by atoms with E-state index in [1.54, 1.807) is 6.92 Å². The van der Waals surface area contributed by atoms with Gasteiger partial charge in [-0.1, -0.05) is 12.0 Å². The van der Waals surface area contributed by atoms with Gasteiger partial charge in [0.05, 0.1) is 18.6 Å². The molecule has 0 saturated heterocycles. The average molecular weight is 458 g/mol. The molecule has 1 aromatic rings. The van der Waals surface area contributed by atoms with E-state index in [2.05, 4.69) is 11.8 Å². The van der Waals surface area contributed by atoms with Gasteiger partial charge in [0, 0.05) is 23.5 Å². The zero-order chi connectivity index (χ0) is 24.0. The summed E-state index contributed by atoms with van der Waals surface area (Å²) >= 11 is 0. The highest BCUT2D eigenvalue weighted by Crippen LogP contribution is 2.39. The molecule has 33 heavy (non-hydrogen) atoms. The van der Waals surface area contributed by atoms with Gasteiger partial charge in [-0.25, -0.2) is 0 Å². The molecule has 0 spiro atoms. The van der Waals surface area contributed by atoms with Crippen molar-refractivity contribution in [2.75, 3.05) is 6.61 Å². The summed E-state index contributed by atoms with van der Waals surface area (Å²) < 4.78 is 43.0. The Kier molecular flexibility index (Phi) is 7.91. The van der Waals surface area contributed by atoms with Crippen LogP contribution in [0.2, 0.25) is 0 Å². The number of alkyl halides is 3. The molecule has 4 nitrogen and oxygen atoms in total. The van der Waals surface area contributed by atoms with Crippen molar-refractivity contribution >= 4 is 17.5 Å². The maximum absolute atomic E-state index is 13.1. The molecule has 2 aliphatic rings. The summed E-state index contributed by atoms with van der Waals surface area (Å²) in [4.78, 5) is 37.6. The second-order valence-electron chi connectivity index (χ2n) is 8.15. The summed E-state index contributed by atoms with van der Waals surface area (Å²) in [6.45, 7) is 1.97. The Morgan fingerprint density at radius 2 is 1.88 bits per heavy atom. The zero-order valence-electron chi connectivity index (χ0n) is 18.4. The number of rotatable bonds is 6. The highest BCUT2D eigenvalue weighted by Gasteiger charge is 2.36. The lowest BCUT2D eigenvalue weighted by atomic mass is 9.89. The number of hydrogen-bond acceptors (Lipinski definition) is 4. The van der Waals surface area contributed by atoms with E-state index >= 15 is 0 Å². The smallest absolute Gasteiger partial charge is 0.416 e. The van der Waals surface area contributed by atoms with Crippen LogP contribution in [0.4, 0.5) is 13.2 Å². The molecule has 0 aromatic heterocycles. The molecule has 0 N–H and O–H groups in total. The number of carbonyl (C=O) groups excluding carboxylic acids is 3. The Hall–Kier alpha value is -3.14. The maximum Gasteiger partial charge on any atom is 0.416 e. The van der Waals surface area contributed by atoms with E-state index in [-0.39, 0.29) is 30.8 Å². The van der Waals surface area contributed by atoms with E-state index < -0.39 is 29.4 Å². The normalized spacial score (nSPS) is 18.5. The summed E-state index contributed by atoms with van der Waals surface area (Å²) in [5.41, 5.74) is 1.71. The van der Waals surface area contributed by atoms with Crippen molar-refractivity contribution in [3.05, 3.63) is 58.2 Å². The summed E-state index contributed by atoms with van der Waals surface area (Å²) in [7, 11) is 0.